The molecule has 0 aliphatic rings. The van der Waals surface area contributed by atoms with Crippen molar-refractivity contribution in [2.75, 3.05) is 5.32 Å². The highest BCUT2D eigenvalue weighted by Gasteiger charge is 2.17. The lowest BCUT2D eigenvalue weighted by molar-refractivity contribution is 0.0991. The number of aromatic nitrogens is 2. The molecule has 0 fully saturated rings. The predicted octanol–water partition coefficient (Wildman–Crippen LogP) is 3.44. The van der Waals surface area contributed by atoms with Crippen LogP contribution in [0.15, 0.2) is 52.9 Å². The fourth-order valence-electron chi connectivity index (χ4n) is 1.97. The van der Waals surface area contributed by atoms with Gasteiger partial charge in [-0.15, -0.1) is 10.2 Å². The molecule has 0 unspecified atom stereocenters. The molecule has 0 saturated heterocycles. The lowest BCUT2D eigenvalue weighted by Crippen LogP contribution is -2.12. The van der Waals surface area contributed by atoms with Crippen LogP contribution in [0.2, 0.25) is 0 Å². The van der Waals surface area contributed by atoms with Crippen LogP contribution >= 0.6 is 0 Å². The molecule has 0 aliphatic heterocycles. The Morgan fingerprint density at radius 1 is 1.14 bits per heavy atom. The topological polar surface area (TPSA) is 68.0 Å². The Morgan fingerprint density at radius 3 is 2.73 bits per heavy atom. The van der Waals surface area contributed by atoms with Gasteiger partial charge in [-0.25, -0.2) is 4.39 Å². The third kappa shape index (κ3) is 2.85. The number of rotatable bonds is 3. The maximum Gasteiger partial charge on any atom is 0.313 e. The molecule has 0 atom stereocenters. The van der Waals surface area contributed by atoms with Crippen molar-refractivity contribution in [3.05, 3.63) is 65.8 Å². The van der Waals surface area contributed by atoms with Crippen LogP contribution in [0.5, 0.6) is 0 Å². The van der Waals surface area contributed by atoms with Crippen molar-refractivity contribution in [3.8, 4) is 11.5 Å². The molecule has 0 saturated carbocycles. The van der Waals surface area contributed by atoms with Crippen molar-refractivity contribution in [3.63, 3.8) is 0 Å². The summed E-state index contributed by atoms with van der Waals surface area (Å²) in [6.07, 6.45) is 0. The summed E-state index contributed by atoms with van der Waals surface area (Å²) in [5.74, 6) is -1.29. The summed E-state index contributed by atoms with van der Waals surface area (Å²) in [5.41, 5.74) is 1.79. The van der Waals surface area contributed by atoms with Crippen LogP contribution in [0.3, 0.4) is 0 Å². The molecule has 1 heterocycles. The Labute approximate surface area is 125 Å². The Bertz CT molecular complexity index is 830. The quantitative estimate of drug-likeness (QED) is 0.804. The number of nitrogens with one attached hydrogen (secondary N) is 1. The molecule has 22 heavy (non-hydrogen) atoms. The van der Waals surface area contributed by atoms with E-state index in [0.29, 0.717) is 5.69 Å². The zero-order valence-electron chi connectivity index (χ0n) is 11.7. The summed E-state index contributed by atoms with van der Waals surface area (Å²) in [6, 6.07) is 13.3. The van der Waals surface area contributed by atoms with Gasteiger partial charge in [0, 0.05) is 5.69 Å². The highest BCUT2D eigenvalue weighted by molar-refractivity contribution is 6.00. The van der Waals surface area contributed by atoms with Gasteiger partial charge in [0.25, 0.3) is 5.89 Å². The van der Waals surface area contributed by atoms with Crippen LogP contribution in [0.1, 0.15) is 16.2 Å². The predicted molar refractivity (Wildman–Crippen MR) is 78.8 cm³/mol. The second-order valence-electron chi connectivity index (χ2n) is 4.72. The van der Waals surface area contributed by atoms with E-state index in [-0.39, 0.29) is 17.3 Å². The summed E-state index contributed by atoms with van der Waals surface area (Å²) in [5, 5.41) is 10.0. The third-order valence-corrected chi connectivity index (χ3v) is 3.00. The zero-order valence-corrected chi connectivity index (χ0v) is 11.7. The fourth-order valence-corrected chi connectivity index (χ4v) is 1.97. The smallest absolute Gasteiger partial charge is 0.313 e. The van der Waals surface area contributed by atoms with Crippen LogP contribution in [-0.2, 0) is 0 Å². The van der Waals surface area contributed by atoms with E-state index in [2.05, 4.69) is 15.5 Å². The number of carbonyl (C=O) groups is 1. The Morgan fingerprint density at radius 2 is 1.95 bits per heavy atom. The van der Waals surface area contributed by atoms with Crippen molar-refractivity contribution in [2.24, 2.45) is 0 Å². The van der Waals surface area contributed by atoms with Crippen LogP contribution in [0.4, 0.5) is 10.1 Å². The first kappa shape index (κ1) is 13.9. The molecule has 3 aromatic rings. The molecule has 1 amide bonds. The number of nitrogens with zero attached hydrogens (tertiary/aromatic N) is 2. The van der Waals surface area contributed by atoms with Crippen molar-refractivity contribution in [1.29, 1.82) is 0 Å². The summed E-state index contributed by atoms with van der Waals surface area (Å²) in [4.78, 5) is 12.1. The van der Waals surface area contributed by atoms with Crippen molar-refractivity contribution in [2.45, 2.75) is 6.92 Å². The van der Waals surface area contributed by atoms with Gasteiger partial charge in [0.05, 0.1) is 5.56 Å². The molecular weight excluding hydrogens is 285 g/mol. The first-order valence-electron chi connectivity index (χ1n) is 6.60. The molecule has 0 spiro atoms. The fraction of sp³-hybridized carbons (Fsp3) is 0.0625. The molecule has 2 aromatic carbocycles. The average molecular weight is 297 g/mol. The average Bonchev–Trinajstić information content (AvgIpc) is 2.97. The van der Waals surface area contributed by atoms with Gasteiger partial charge in [-0.3, -0.25) is 4.79 Å². The highest BCUT2D eigenvalue weighted by atomic mass is 19.1. The molecule has 0 aliphatic carbocycles. The SMILES string of the molecule is Cc1cccc(NC(=O)c2nnc(-c3ccccc3F)o2)c1. The summed E-state index contributed by atoms with van der Waals surface area (Å²) >= 11 is 0. The summed E-state index contributed by atoms with van der Waals surface area (Å²) in [7, 11) is 0. The lowest BCUT2D eigenvalue weighted by atomic mass is 10.2. The molecule has 1 N–H and O–H groups in total. The van der Waals surface area contributed by atoms with Gasteiger partial charge >= 0.3 is 11.8 Å². The monoisotopic (exact) mass is 297 g/mol. The van der Waals surface area contributed by atoms with Crippen LogP contribution in [0, 0.1) is 12.7 Å². The third-order valence-electron chi connectivity index (χ3n) is 3.00. The Kier molecular flexibility index (Phi) is 3.65. The van der Waals surface area contributed by atoms with E-state index < -0.39 is 11.7 Å². The normalized spacial score (nSPS) is 10.5. The molecule has 0 bridgehead atoms. The molecule has 3 rings (SSSR count). The first-order chi connectivity index (χ1) is 10.6. The minimum absolute atomic E-state index is 0.0347. The minimum Gasteiger partial charge on any atom is -0.412 e. The van der Waals surface area contributed by atoms with E-state index in [1.54, 1.807) is 18.2 Å². The largest absolute Gasteiger partial charge is 0.412 e. The van der Waals surface area contributed by atoms with E-state index in [4.69, 9.17) is 4.42 Å². The molecular formula is C16H12FN3O2. The number of carbonyl (C=O) groups excluding carboxylic acids is 1. The number of hydrogen-bond acceptors (Lipinski definition) is 4. The summed E-state index contributed by atoms with van der Waals surface area (Å²) in [6.45, 7) is 1.92. The standard InChI is InChI=1S/C16H12FN3O2/c1-10-5-4-6-11(9-10)18-14(21)16-20-19-15(22-16)12-7-2-3-8-13(12)17/h2-9H,1H3,(H,18,21). The second kappa shape index (κ2) is 5.77. The maximum absolute atomic E-state index is 13.6. The lowest BCUT2D eigenvalue weighted by Gasteiger charge is -2.02. The molecule has 5 nitrogen and oxygen atoms in total. The Balaban J connectivity index is 1.82. The number of benzene rings is 2. The van der Waals surface area contributed by atoms with Crippen molar-refractivity contribution in [1.82, 2.24) is 10.2 Å². The van der Waals surface area contributed by atoms with E-state index >= 15 is 0 Å². The first-order valence-corrected chi connectivity index (χ1v) is 6.60. The van der Waals surface area contributed by atoms with Gasteiger partial charge in [0.2, 0.25) is 0 Å². The Hall–Kier alpha value is -3.02. The maximum atomic E-state index is 13.6. The van der Waals surface area contributed by atoms with E-state index in [0.717, 1.165) is 5.56 Å². The van der Waals surface area contributed by atoms with Gasteiger partial charge in [-0.1, -0.05) is 24.3 Å². The number of anilines is 1. The van der Waals surface area contributed by atoms with Gasteiger partial charge in [-0.2, -0.15) is 0 Å². The van der Waals surface area contributed by atoms with Crippen molar-refractivity contribution < 1.29 is 13.6 Å². The van der Waals surface area contributed by atoms with E-state index in [1.807, 2.05) is 25.1 Å². The zero-order chi connectivity index (χ0) is 15.5. The highest BCUT2D eigenvalue weighted by Crippen LogP contribution is 2.21. The second-order valence-corrected chi connectivity index (χ2v) is 4.72. The van der Waals surface area contributed by atoms with Crippen LogP contribution in [0.25, 0.3) is 11.5 Å². The van der Waals surface area contributed by atoms with Crippen LogP contribution < -0.4 is 5.32 Å². The summed E-state index contributed by atoms with van der Waals surface area (Å²) < 4.78 is 18.9. The van der Waals surface area contributed by atoms with Gasteiger partial charge < -0.3 is 9.73 Å². The number of aryl methyl sites for hydroxylation is 1. The van der Waals surface area contributed by atoms with Gasteiger partial charge in [0.15, 0.2) is 0 Å². The van der Waals surface area contributed by atoms with Crippen LogP contribution in [-0.4, -0.2) is 16.1 Å². The molecule has 1 aromatic heterocycles. The molecule has 110 valence electrons. The number of hydrogen-bond donors (Lipinski definition) is 1. The molecule has 6 heteroatoms. The molecule has 0 radical (unpaired) electrons. The number of halogens is 1. The van der Waals surface area contributed by atoms with E-state index in [1.165, 1.54) is 12.1 Å². The van der Waals surface area contributed by atoms with Crippen molar-refractivity contribution >= 4 is 11.6 Å². The van der Waals surface area contributed by atoms with Gasteiger partial charge in [0.1, 0.15) is 5.82 Å². The van der Waals surface area contributed by atoms with E-state index in [9.17, 15) is 9.18 Å². The number of amides is 1. The van der Waals surface area contributed by atoms with Gasteiger partial charge in [-0.05, 0) is 36.8 Å². The minimum atomic E-state index is -0.541.